The Morgan fingerprint density at radius 3 is 2.38 bits per heavy atom. The van der Waals surface area contributed by atoms with Gasteiger partial charge in [-0.3, -0.25) is 0 Å². The minimum atomic E-state index is -0.377. The zero-order valence-electron chi connectivity index (χ0n) is 16.1. The first-order chi connectivity index (χ1) is 14.3. The third kappa shape index (κ3) is 1.55. The predicted octanol–water partition coefficient (Wildman–Crippen LogP) is 3.88. The van der Waals surface area contributed by atoms with Gasteiger partial charge in [-0.25, -0.2) is 4.57 Å². The summed E-state index contributed by atoms with van der Waals surface area (Å²) in [6.07, 6.45) is 2.24. The summed E-state index contributed by atoms with van der Waals surface area (Å²) < 4.78 is 7.30. The normalized spacial score (nSPS) is 18.0. The maximum atomic E-state index is 2.47. The highest BCUT2D eigenvalue weighted by atomic mass is 15.3. The fourth-order valence-electron chi connectivity index (χ4n) is 5.67. The fourth-order valence-corrected chi connectivity index (χ4v) is 5.67. The van der Waals surface area contributed by atoms with Crippen LogP contribution in [0.25, 0.3) is 28.0 Å². The molecule has 3 aromatic carbocycles. The van der Waals surface area contributed by atoms with Crippen molar-refractivity contribution in [2.24, 2.45) is 7.05 Å². The Balaban J connectivity index is 1.79. The second-order valence-corrected chi connectivity index (χ2v) is 7.94. The number of hydrogen-bond donors (Lipinski definition) is 0. The van der Waals surface area contributed by atoms with Gasteiger partial charge in [0, 0.05) is 12.1 Å². The fraction of sp³-hybridized carbons (Fsp3) is 0.0769. The van der Waals surface area contributed by atoms with Crippen molar-refractivity contribution >= 4 is 11.0 Å². The van der Waals surface area contributed by atoms with Crippen LogP contribution in [0.2, 0.25) is 0 Å². The highest BCUT2D eigenvalue weighted by Gasteiger charge is 2.66. The molecule has 0 fully saturated rings. The van der Waals surface area contributed by atoms with E-state index in [1.165, 1.54) is 44.9 Å². The molecule has 0 saturated carbocycles. The van der Waals surface area contributed by atoms with E-state index in [4.69, 9.17) is 0 Å². The van der Waals surface area contributed by atoms with E-state index in [2.05, 4.69) is 118 Å². The van der Waals surface area contributed by atoms with E-state index in [1.807, 2.05) is 0 Å². The average molecular weight is 373 g/mol. The topological polar surface area (TPSA) is 12.7 Å². The van der Waals surface area contributed by atoms with Crippen molar-refractivity contribution in [1.82, 2.24) is 4.57 Å². The van der Waals surface area contributed by atoms with Gasteiger partial charge in [0.2, 0.25) is 5.69 Å². The largest absolute Gasteiger partial charge is 0.346 e. The van der Waals surface area contributed by atoms with Crippen LogP contribution in [0.5, 0.6) is 0 Å². The quantitative estimate of drug-likeness (QED) is 0.358. The molecule has 1 spiro atoms. The van der Waals surface area contributed by atoms with Gasteiger partial charge in [-0.15, -0.1) is 0 Å². The van der Waals surface area contributed by atoms with Crippen molar-refractivity contribution in [2.75, 3.05) is 0 Å². The van der Waals surface area contributed by atoms with Crippen molar-refractivity contribution in [1.29, 1.82) is 0 Å². The maximum Gasteiger partial charge on any atom is 0.346 e. The van der Waals surface area contributed by atoms with Gasteiger partial charge < -0.3 is 0 Å². The first kappa shape index (κ1) is 15.2. The lowest BCUT2D eigenvalue weighted by molar-refractivity contribution is -0.755. The smallest absolute Gasteiger partial charge is 0.223 e. The second-order valence-electron chi connectivity index (χ2n) is 7.94. The van der Waals surface area contributed by atoms with Crippen molar-refractivity contribution in [3.63, 3.8) is 0 Å². The van der Waals surface area contributed by atoms with Gasteiger partial charge in [0.05, 0.1) is 23.7 Å². The Morgan fingerprint density at radius 2 is 1.45 bits per heavy atom. The second kappa shape index (κ2) is 5.00. The zero-order valence-corrected chi connectivity index (χ0v) is 16.1. The van der Waals surface area contributed by atoms with E-state index in [1.54, 1.807) is 0 Å². The number of hydrogen-bond acceptors (Lipinski definition) is 0. The molecule has 0 aliphatic carbocycles. The predicted molar refractivity (Wildman–Crippen MR) is 112 cm³/mol. The maximum absolute atomic E-state index is 2.47. The highest BCUT2D eigenvalue weighted by Crippen LogP contribution is 2.51. The molecule has 3 nitrogen and oxygen atoms in total. The number of rotatable bonds is 0. The minimum Gasteiger partial charge on any atom is -0.223 e. The Kier molecular flexibility index (Phi) is 2.63. The lowest BCUT2D eigenvalue weighted by Gasteiger charge is -2.18. The summed E-state index contributed by atoms with van der Waals surface area (Å²) in [5.41, 5.74) is 8.62. The van der Waals surface area contributed by atoms with Crippen LogP contribution >= 0.6 is 0 Å². The van der Waals surface area contributed by atoms with E-state index >= 15 is 0 Å². The lowest BCUT2D eigenvalue weighted by Crippen LogP contribution is -2.59. The minimum absolute atomic E-state index is 0.377. The van der Waals surface area contributed by atoms with E-state index in [9.17, 15) is 0 Å². The molecular formula is C26H19N3+2. The Labute approximate surface area is 168 Å². The Bertz CT molecular complexity index is 1430. The molecule has 0 bridgehead atoms. The van der Waals surface area contributed by atoms with Gasteiger partial charge in [-0.1, -0.05) is 42.5 Å². The standard InChI is InChI=1S/C26H19N3/c1-27-23-15-6-7-16-24(23)29-22-14-5-4-12-20(22)26(25(27)29)19-11-3-2-10-18(19)21-13-8-9-17-28(21)26/h2-17H,1H3/q+2. The molecule has 29 heavy (non-hydrogen) atoms. The summed E-state index contributed by atoms with van der Waals surface area (Å²) >= 11 is 0. The Hall–Kier alpha value is -3.72. The van der Waals surface area contributed by atoms with Crippen molar-refractivity contribution in [2.45, 2.75) is 5.54 Å². The zero-order chi connectivity index (χ0) is 19.2. The summed E-state index contributed by atoms with van der Waals surface area (Å²) in [6, 6.07) is 32.9. The van der Waals surface area contributed by atoms with E-state index in [0.29, 0.717) is 0 Å². The van der Waals surface area contributed by atoms with Crippen LogP contribution in [0.3, 0.4) is 0 Å². The first-order valence-electron chi connectivity index (χ1n) is 10.0. The molecular weight excluding hydrogens is 354 g/mol. The summed E-state index contributed by atoms with van der Waals surface area (Å²) in [6.45, 7) is 0. The van der Waals surface area contributed by atoms with Crippen molar-refractivity contribution in [3.8, 4) is 16.9 Å². The van der Waals surface area contributed by atoms with Gasteiger partial charge in [0.15, 0.2) is 17.2 Å². The number of aromatic nitrogens is 3. The molecule has 136 valence electrons. The van der Waals surface area contributed by atoms with Crippen LogP contribution in [0, 0.1) is 0 Å². The van der Waals surface area contributed by atoms with E-state index < -0.39 is 0 Å². The van der Waals surface area contributed by atoms with Crippen LogP contribution in [-0.4, -0.2) is 4.57 Å². The third-order valence-electron chi connectivity index (χ3n) is 6.69. The molecule has 5 aromatic rings. The molecule has 2 aromatic heterocycles. The summed E-state index contributed by atoms with van der Waals surface area (Å²) in [5, 5.41) is 0. The van der Waals surface area contributed by atoms with E-state index in [0.717, 1.165) is 0 Å². The van der Waals surface area contributed by atoms with Gasteiger partial charge in [-0.2, -0.15) is 9.13 Å². The number of nitrogens with zero attached hydrogens (tertiary/aromatic N) is 3. The third-order valence-corrected chi connectivity index (χ3v) is 6.69. The van der Waals surface area contributed by atoms with Gasteiger partial charge in [0.1, 0.15) is 5.69 Å². The molecule has 0 amide bonds. The van der Waals surface area contributed by atoms with Gasteiger partial charge in [0.25, 0.3) is 0 Å². The average Bonchev–Trinajstić information content (AvgIpc) is 3.37. The summed E-state index contributed by atoms with van der Waals surface area (Å²) in [4.78, 5) is 0. The number of imidazole rings is 1. The molecule has 7 rings (SSSR count). The van der Waals surface area contributed by atoms with Gasteiger partial charge in [-0.05, 0) is 36.4 Å². The molecule has 0 radical (unpaired) electrons. The van der Waals surface area contributed by atoms with Crippen LogP contribution in [0.15, 0.2) is 97.2 Å². The van der Waals surface area contributed by atoms with Crippen LogP contribution in [-0.2, 0) is 12.6 Å². The molecule has 0 saturated heterocycles. The monoisotopic (exact) mass is 373 g/mol. The lowest BCUT2D eigenvalue weighted by atomic mass is 9.83. The summed E-state index contributed by atoms with van der Waals surface area (Å²) in [7, 11) is 2.20. The molecule has 1 unspecified atom stereocenters. The van der Waals surface area contributed by atoms with Crippen molar-refractivity contribution in [3.05, 3.63) is 114 Å². The number of pyridine rings is 1. The highest BCUT2D eigenvalue weighted by molar-refractivity contribution is 5.80. The molecule has 2 aliphatic rings. The first-order valence-corrected chi connectivity index (χ1v) is 10.0. The van der Waals surface area contributed by atoms with Crippen LogP contribution < -0.4 is 9.13 Å². The van der Waals surface area contributed by atoms with Crippen LogP contribution in [0.1, 0.15) is 17.0 Å². The molecule has 1 atom stereocenters. The SMILES string of the molecule is C[n+]1c2n(c3ccccc31)-c1ccccc1C21c2ccccc2-c2cccc[n+]21. The van der Waals surface area contributed by atoms with Crippen LogP contribution in [0.4, 0.5) is 0 Å². The van der Waals surface area contributed by atoms with Gasteiger partial charge >= 0.3 is 11.4 Å². The van der Waals surface area contributed by atoms with E-state index in [-0.39, 0.29) is 5.54 Å². The molecule has 2 aliphatic heterocycles. The number of para-hydroxylation sites is 3. The number of aryl methyl sites for hydroxylation is 1. The molecule has 3 heteroatoms. The Morgan fingerprint density at radius 1 is 0.724 bits per heavy atom. The molecule has 4 heterocycles. The summed E-state index contributed by atoms with van der Waals surface area (Å²) in [5.74, 6) is 1.28. The molecule has 0 N–H and O–H groups in total. The van der Waals surface area contributed by atoms with Crippen molar-refractivity contribution < 1.29 is 9.13 Å². The number of benzene rings is 3. The number of fused-ring (bicyclic) bond motifs is 12.